The molecule has 7 nitrogen and oxygen atoms in total. The van der Waals surface area contributed by atoms with Crippen LogP contribution in [0.15, 0.2) is 57.8 Å². The number of para-hydroxylation sites is 1. The van der Waals surface area contributed by atoms with Gasteiger partial charge in [0, 0.05) is 22.4 Å². The maximum absolute atomic E-state index is 12.7. The molecule has 1 aromatic carbocycles. The molecule has 1 aliphatic rings. The zero-order valence-corrected chi connectivity index (χ0v) is 16.8. The lowest BCUT2D eigenvalue weighted by Crippen LogP contribution is -2.49. The summed E-state index contributed by atoms with van der Waals surface area (Å²) in [6.45, 7) is 0. The van der Waals surface area contributed by atoms with Gasteiger partial charge in [-0.25, -0.2) is 4.79 Å². The molecule has 1 aliphatic carbocycles. The van der Waals surface area contributed by atoms with Gasteiger partial charge in [0.2, 0.25) is 5.82 Å². The molecule has 0 bridgehead atoms. The van der Waals surface area contributed by atoms with E-state index in [4.69, 9.17) is 4.52 Å². The minimum absolute atomic E-state index is 0.296. The molecule has 0 spiro atoms. The standard InChI is InChI=1S/C20H20BrN5O2/c21-15-8-2-3-9-16(15)23-19(27)25-20(10-4-1-5-11-20)18-24-17(26-28-18)14-7-6-12-22-13-14/h2-3,6-9,12-13H,1,4-5,10-11H2,(H2,23,25,27). The van der Waals surface area contributed by atoms with E-state index >= 15 is 0 Å². The number of rotatable bonds is 4. The highest BCUT2D eigenvalue weighted by Crippen LogP contribution is 2.37. The predicted molar refractivity (Wildman–Crippen MR) is 109 cm³/mol. The Kier molecular flexibility index (Phi) is 5.38. The second-order valence-electron chi connectivity index (χ2n) is 6.87. The van der Waals surface area contributed by atoms with Crippen LogP contribution in [0.25, 0.3) is 11.4 Å². The Hall–Kier alpha value is -2.74. The Morgan fingerprint density at radius 3 is 2.68 bits per heavy atom. The maximum Gasteiger partial charge on any atom is 0.320 e. The van der Waals surface area contributed by atoms with E-state index < -0.39 is 5.54 Å². The van der Waals surface area contributed by atoms with Crippen LogP contribution in [0.5, 0.6) is 0 Å². The Bertz CT molecular complexity index is 954. The molecule has 144 valence electrons. The van der Waals surface area contributed by atoms with E-state index in [1.807, 2.05) is 36.4 Å². The molecule has 0 aliphatic heterocycles. The van der Waals surface area contributed by atoms with Gasteiger partial charge in [-0.15, -0.1) is 0 Å². The van der Waals surface area contributed by atoms with Crippen LogP contribution in [0.3, 0.4) is 0 Å². The van der Waals surface area contributed by atoms with Crippen LogP contribution >= 0.6 is 15.9 Å². The quantitative estimate of drug-likeness (QED) is 0.601. The van der Waals surface area contributed by atoms with Gasteiger partial charge in [0.05, 0.1) is 5.69 Å². The third-order valence-corrected chi connectivity index (χ3v) is 5.63. The molecule has 1 saturated carbocycles. The van der Waals surface area contributed by atoms with Crippen molar-refractivity contribution in [2.45, 2.75) is 37.6 Å². The van der Waals surface area contributed by atoms with Crippen molar-refractivity contribution in [3.05, 3.63) is 59.2 Å². The van der Waals surface area contributed by atoms with Gasteiger partial charge in [-0.05, 0) is 53.0 Å². The van der Waals surface area contributed by atoms with Crippen LogP contribution in [0, 0.1) is 0 Å². The lowest BCUT2D eigenvalue weighted by atomic mass is 9.81. The molecule has 0 saturated heterocycles. The van der Waals surface area contributed by atoms with E-state index in [-0.39, 0.29) is 6.03 Å². The number of hydrogen-bond donors (Lipinski definition) is 2. The van der Waals surface area contributed by atoms with E-state index in [2.05, 4.69) is 41.7 Å². The van der Waals surface area contributed by atoms with Crippen molar-refractivity contribution in [2.24, 2.45) is 0 Å². The molecule has 0 radical (unpaired) electrons. The predicted octanol–water partition coefficient (Wildman–Crippen LogP) is 4.88. The van der Waals surface area contributed by atoms with Gasteiger partial charge in [0.1, 0.15) is 5.54 Å². The number of aromatic nitrogens is 3. The third-order valence-electron chi connectivity index (χ3n) is 4.94. The van der Waals surface area contributed by atoms with Gasteiger partial charge in [-0.2, -0.15) is 4.98 Å². The van der Waals surface area contributed by atoms with E-state index in [1.165, 1.54) is 0 Å². The Morgan fingerprint density at radius 1 is 1.11 bits per heavy atom. The van der Waals surface area contributed by atoms with Gasteiger partial charge in [0.15, 0.2) is 0 Å². The monoisotopic (exact) mass is 441 g/mol. The average Bonchev–Trinajstić information content (AvgIpc) is 3.22. The molecule has 2 heterocycles. The fraction of sp³-hybridized carbons (Fsp3) is 0.300. The van der Waals surface area contributed by atoms with Crippen molar-refractivity contribution in [2.75, 3.05) is 5.32 Å². The summed E-state index contributed by atoms with van der Waals surface area (Å²) in [5.74, 6) is 0.911. The van der Waals surface area contributed by atoms with Gasteiger partial charge >= 0.3 is 6.03 Å². The molecule has 2 amide bonds. The second kappa shape index (κ2) is 8.10. The van der Waals surface area contributed by atoms with Crippen molar-refractivity contribution in [1.29, 1.82) is 0 Å². The van der Waals surface area contributed by atoms with Gasteiger partial charge in [-0.3, -0.25) is 4.98 Å². The topological polar surface area (TPSA) is 92.9 Å². The van der Waals surface area contributed by atoms with Gasteiger partial charge in [0.25, 0.3) is 5.89 Å². The van der Waals surface area contributed by atoms with Crippen LogP contribution < -0.4 is 10.6 Å². The molecular formula is C20H20BrN5O2. The highest BCUT2D eigenvalue weighted by atomic mass is 79.9. The Labute approximate surface area is 171 Å². The lowest BCUT2D eigenvalue weighted by Gasteiger charge is -2.34. The molecule has 8 heteroatoms. The van der Waals surface area contributed by atoms with Crippen molar-refractivity contribution in [3.63, 3.8) is 0 Å². The summed E-state index contributed by atoms with van der Waals surface area (Å²) in [7, 11) is 0. The number of anilines is 1. The number of hydrogen-bond acceptors (Lipinski definition) is 5. The summed E-state index contributed by atoms with van der Waals surface area (Å²) >= 11 is 3.45. The highest BCUT2D eigenvalue weighted by Gasteiger charge is 2.41. The number of pyridine rings is 1. The summed E-state index contributed by atoms with van der Waals surface area (Å²) in [6, 6.07) is 10.9. The third kappa shape index (κ3) is 3.91. The molecule has 0 unspecified atom stereocenters. The Morgan fingerprint density at radius 2 is 1.93 bits per heavy atom. The van der Waals surface area contributed by atoms with E-state index in [0.717, 1.165) is 42.1 Å². The Balaban J connectivity index is 1.58. The fourth-order valence-corrected chi connectivity index (χ4v) is 3.90. The maximum atomic E-state index is 12.7. The number of nitrogens with one attached hydrogen (secondary N) is 2. The number of benzene rings is 1. The fourth-order valence-electron chi connectivity index (χ4n) is 3.51. The number of carbonyl (C=O) groups excluding carboxylic acids is 1. The van der Waals surface area contributed by atoms with E-state index in [1.54, 1.807) is 12.4 Å². The second-order valence-corrected chi connectivity index (χ2v) is 7.72. The van der Waals surface area contributed by atoms with Crippen molar-refractivity contribution in [3.8, 4) is 11.4 Å². The van der Waals surface area contributed by atoms with Crippen molar-refractivity contribution < 1.29 is 9.32 Å². The molecule has 2 N–H and O–H groups in total. The lowest BCUT2D eigenvalue weighted by molar-refractivity contribution is 0.173. The van der Waals surface area contributed by atoms with Gasteiger partial charge in [-0.1, -0.05) is 36.6 Å². The average molecular weight is 442 g/mol. The summed E-state index contributed by atoms with van der Waals surface area (Å²) in [6.07, 6.45) is 7.99. The first-order chi connectivity index (χ1) is 13.7. The van der Waals surface area contributed by atoms with Crippen LogP contribution in [0.2, 0.25) is 0 Å². The minimum atomic E-state index is -0.670. The SMILES string of the molecule is O=C(Nc1ccccc1Br)NC1(c2nc(-c3cccnc3)no2)CCCCC1. The molecule has 2 aromatic heterocycles. The van der Waals surface area contributed by atoms with E-state index in [9.17, 15) is 4.79 Å². The molecule has 1 fully saturated rings. The number of carbonyl (C=O) groups is 1. The van der Waals surface area contributed by atoms with Gasteiger partial charge < -0.3 is 15.2 Å². The smallest absolute Gasteiger partial charge is 0.320 e. The molecule has 4 rings (SSSR count). The number of halogens is 1. The highest BCUT2D eigenvalue weighted by molar-refractivity contribution is 9.10. The molecule has 28 heavy (non-hydrogen) atoms. The van der Waals surface area contributed by atoms with Crippen LogP contribution in [0.4, 0.5) is 10.5 Å². The van der Waals surface area contributed by atoms with Crippen LogP contribution in [-0.2, 0) is 5.54 Å². The number of urea groups is 1. The minimum Gasteiger partial charge on any atom is -0.336 e. The largest absolute Gasteiger partial charge is 0.336 e. The first-order valence-corrected chi connectivity index (χ1v) is 10.0. The molecular weight excluding hydrogens is 422 g/mol. The number of amides is 2. The summed E-state index contributed by atoms with van der Waals surface area (Å²) < 4.78 is 6.42. The molecule has 0 atom stereocenters. The zero-order chi connectivity index (χ0) is 19.4. The first-order valence-electron chi connectivity index (χ1n) is 9.25. The van der Waals surface area contributed by atoms with Crippen LogP contribution in [0.1, 0.15) is 38.0 Å². The zero-order valence-electron chi connectivity index (χ0n) is 15.2. The summed E-state index contributed by atoms with van der Waals surface area (Å²) in [5, 5.41) is 10.1. The van der Waals surface area contributed by atoms with E-state index in [0.29, 0.717) is 17.4 Å². The normalized spacial score (nSPS) is 15.8. The van der Waals surface area contributed by atoms with Crippen molar-refractivity contribution in [1.82, 2.24) is 20.4 Å². The number of nitrogens with zero attached hydrogens (tertiary/aromatic N) is 3. The first kappa shape index (κ1) is 18.6. The van der Waals surface area contributed by atoms with Crippen molar-refractivity contribution >= 4 is 27.6 Å². The van der Waals surface area contributed by atoms with Crippen LogP contribution in [-0.4, -0.2) is 21.2 Å². The summed E-state index contributed by atoms with van der Waals surface area (Å²) in [4.78, 5) is 21.4. The molecule has 3 aromatic rings. The summed E-state index contributed by atoms with van der Waals surface area (Å²) in [5.41, 5.74) is 0.811.